The molecule has 1 amide bonds. The smallest absolute Gasteiger partial charge is 0.350 e. The number of ketones is 1. The highest BCUT2D eigenvalue weighted by atomic mass is 16.6. The minimum atomic E-state index is -2.35. The first-order valence-electron chi connectivity index (χ1n) is 19.9. The maximum absolute atomic E-state index is 15.1. The number of amides is 1. The molecule has 2 bridgehead atoms. The summed E-state index contributed by atoms with van der Waals surface area (Å²) in [5.41, 5.74) is -6.77. The van der Waals surface area contributed by atoms with Gasteiger partial charge >= 0.3 is 23.9 Å². The summed E-state index contributed by atoms with van der Waals surface area (Å²) >= 11 is 0. The van der Waals surface area contributed by atoms with Gasteiger partial charge in [0, 0.05) is 50.0 Å². The van der Waals surface area contributed by atoms with E-state index in [1.54, 1.807) is 81.4 Å². The number of aliphatic hydroxyl groups is 3. The van der Waals surface area contributed by atoms with Crippen molar-refractivity contribution < 1.29 is 67.8 Å². The SMILES string of the molecule is CCCC(=O)OC(C(=O)OC1C[C@]2(O)[C@H](O)C3[C@@]4(OC(C)=O)CO[C@H]4C[C@@H](O)[C@]3(C)C(=O)[C@@H](OC(C)=O)C(=C1C)C2(C)C)[C@H](NC(=O)c1ccccc1)c1ccccc1. The predicted molar refractivity (Wildman–Crippen MR) is 207 cm³/mol. The van der Waals surface area contributed by atoms with E-state index in [9.17, 15) is 39.3 Å². The topological polar surface area (TPSA) is 221 Å². The van der Waals surface area contributed by atoms with Crippen LogP contribution in [0.25, 0.3) is 0 Å². The van der Waals surface area contributed by atoms with E-state index in [1.807, 2.05) is 0 Å². The van der Waals surface area contributed by atoms with Crippen molar-refractivity contribution in [3.05, 3.63) is 82.9 Å². The van der Waals surface area contributed by atoms with Crippen LogP contribution < -0.4 is 5.32 Å². The van der Waals surface area contributed by atoms with Crippen molar-refractivity contribution in [3.8, 4) is 0 Å². The van der Waals surface area contributed by atoms with Gasteiger partial charge in [-0.3, -0.25) is 24.0 Å². The van der Waals surface area contributed by atoms with E-state index < -0.39 is 113 Å². The van der Waals surface area contributed by atoms with Crippen LogP contribution >= 0.6 is 0 Å². The van der Waals surface area contributed by atoms with Crippen LogP contribution in [0.15, 0.2) is 71.8 Å². The minimum Gasteiger partial charge on any atom is -0.455 e. The van der Waals surface area contributed by atoms with E-state index in [2.05, 4.69) is 5.32 Å². The zero-order chi connectivity index (χ0) is 43.2. The molecule has 0 spiro atoms. The van der Waals surface area contributed by atoms with Gasteiger partial charge in [0.05, 0.1) is 24.2 Å². The lowest BCUT2D eigenvalue weighted by Gasteiger charge is -2.67. The molecule has 59 heavy (non-hydrogen) atoms. The molecule has 4 N–H and O–H groups in total. The second-order valence-electron chi connectivity index (χ2n) is 16.8. The van der Waals surface area contributed by atoms with Gasteiger partial charge in [0.1, 0.15) is 23.9 Å². The van der Waals surface area contributed by atoms with Crippen LogP contribution in [0.4, 0.5) is 0 Å². The molecule has 1 aliphatic heterocycles. The van der Waals surface area contributed by atoms with Gasteiger partial charge in [0.15, 0.2) is 17.5 Å². The van der Waals surface area contributed by atoms with Gasteiger partial charge in [-0.1, -0.05) is 69.3 Å². The molecule has 3 unspecified atom stereocenters. The monoisotopic (exact) mass is 819 g/mol. The normalized spacial score (nSPS) is 32.9. The van der Waals surface area contributed by atoms with Crippen molar-refractivity contribution in [1.82, 2.24) is 5.32 Å². The van der Waals surface area contributed by atoms with Crippen molar-refractivity contribution >= 4 is 35.6 Å². The predicted octanol–water partition coefficient (Wildman–Crippen LogP) is 3.22. The summed E-state index contributed by atoms with van der Waals surface area (Å²) in [6.07, 6.45) is -9.85. The summed E-state index contributed by atoms with van der Waals surface area (Å²) in [6.45, 7) is 9.73. The molecule has 15 nitrogen and oxygen atoms in total. The number of Topliss-reactive ketones (excluding diaryl/α,β-unsaturated/α-hetero) is 1. The zero-order valence-corrected chi connectivity index (χ0v) is 34.3. The number of carbonyl (C=O) groups is 6. The molecular weight excluding hydrogens is 766 g/mol. The van der Waals surface area contributed by atoms with Crippen molar-refractivity contribution in [1.29, 1.82) is 0 Å². The number of hydrogen-bond acceptors (Lipinski definition) is 14. The Balaban J connectivity index is 1.49. The molecule has 15 heteroatoms. The lowest BCUT2D eigenvalue weighted by molar-refractivity contribution is -0.346. The van der Waals surface area contributed by atoms with E-state index in [1.165, 1.54) is 13.8 Å². The number of hydrogen-bond donors (Lipinski definition) is 4. The molecule has 2 aromatic rings. The van der Waals surface area contributed by atoms with Crippen molar-refractivity contribution in [2.75, 3.05) is 6.61 Å². The van der Waals surface area contributed by atoms with Crippen LogP contribution in [0, 0.1) is 16.7 Å². The van der Waals surface area contributed by atoms with E-state index in [0.717, 1.165) is 13.8 Å². The Morgan fingerprint density at radius 2 is 1.56 bits per heavy atom. The summed E-state index contributed by atoms with van der Waals surface area (Å²) in [7, 11) is 0. The number of aliphatic hydroxyl groups excluding tert-OH is 2. The third kappa shape index (κ3) is 7.36. The Morgan fingerprint density at radius 3 is 2.12 bits per heavy atom. The number of carbonyl (C=O) groups excluding carboxylic acids is 6. The molecule has 2 saturated carbocycles. The van der Waals surface area contributed by atoms with Crippen LogP contribution in [-0.4, -0.2) is 105 Å². The second-order valence-corrected chi connectivity index (χ2v) is 16.8. The molecule has 318 valence electrons. The van der Waals surface area contributed by atoms with E-state index >= 15 is 4.79 Å². The molecule has 4 aliphatic rings. The number of esters is 4. The maximum atomic E-state index is 15.1. The van der Waals surface area contributed by atoms with Crippen LogP contribution in [0.5, 0.6) is 0 Å². The molecule has 2 aromatic carbocycles. The first kappa shape index (κ1) is 43.6. The van der Waals surface area contributed by atoms with Gasteiger partial charge in [0.25, 0.3) is 5.91 Å². The first-order valence-corrected chi connectivity index (χ1v) is 19.9. The molecule has 11 atom stereocenters. The Morgan fingerprint density at radius 1 is 0.932 bits per heavy atom. The van der Waals surface area contributed by atoms with Crippen LogP contribution in [0.3, 0.4) is 0 Å². The highest BCUT2D eigenvalue weighted by Crippen LogP contribution is 2.63. The number of rotatable bonds is 11. The van der Waals surface area contributed by atoms with E-state index in [4.69, 9.17) is 23.7 Å². The summed E-state index contributed by atoms with van der Waals surface area (Å²) in [6, 6.07) is 15.3. The third-order valence-electron chi connectivity index (χ3n) is 13.0. The Labute approximate surface area is 342 Å². The number of benzene rings is 2. The van der Waals surface area contributed by atoms with Gasteiger partial charge in [0.2, 0.25) is 6.10 Å². The molecule has 6 rings (SSSR count). The van der Waals surface area contributed by atoms with E-state index in [0.29, 0.717) is 12.0 Å². The number of nitrogens with one attached hydrogen (secondary N) is 1. The highest BCUT2D eigenvalue weighted by Gasteiger charge is 2.77. The molecular formula is C44H53NO14. The van der Waals surface area contributed by atoms with E-state index in [-0.39, 0.29) is 36.2 Å². The molecule has 0 aromatic heterocycles. The Bertz CT molecular complexity index is 2020. The number of ether oxygens (including phenoxy) is 5. The molecule has 1 saturated heterocycles. The molecule has 3 fully saturated rings. The highest BCUT2D eigenvalue weighted by molar-refractivity contribution is 5.96. The van der Waals surface area contributed by atoms with Gasteiger partial charge in [-0.05, 0) is 49.1 Å². The maximum Gasteiger partial charge on any atom is 0.350 e. The lowest BCUT2D eigenvalue weighted by Crippen LogP contribution is -2.81. The van der Waals surface area contributed by atoms with Gasteiger partial charge in [-0.2, -0.15) is 0 Å². The van der Waals surface area contributed by atoms with Gasteiger partial charge in [-0.25, -0.2) is 4.79 Å². The largest absolute Gasteiger partial charge is 0.455 e. The summed E-state index contributed by atoms with van der Waals surface area (Å²) < 4.78 is 29.4. The van der Waals surface area contributed by atoms with Crippen molar-refractivity contribution in [2.24, 2.45) is 16.7 Å². The van der Waals surface area contributed by atoms with Crippen molar-refractivity contribution in [2.45, 2.75) is 128 Å². The average molecular weight is 820 g/mol. The van der Waals surface area contributed by atoms with Crippen LogP contribution in [-0.2, 0) is 47.7 Å². The molecule has 3 aliphatic carbocycles. The fourth-order valence-electron chi connectivity index (χ4n) is 9.81. The second kappa shape index (κ2) is 16.2. The lowest BCUT2D eigenvalue weighted by atomic mass is 9.44. The zero-order valence-electron chi connectivity index (χ0n) is 34.3. The quantitative estimate of drug-likeness (QED) is 0.145. The molecule has 0 radical (unpaired) electrons. The summed E-state index contributed by atoms with van der Waals surface area (Å²) in [5.74, 6) is -6.47. The van der Waals surface area contributed by atoms with Gasteiger partial charge in [-0.15, -0.1) is 0 Å². The fraction of sp³-hybridized carbons (Fsp3) is 0.545. The first-order chi connectivity index (χ1) is 27.7. The number of fused-ring (bicyclic) bond motifs is 5. The third-order valence-corrected chi connectivity index (χ3v) is 13.0. The Hall–Kier alpha value is -4.96. The molecule has 1 heterocycles. The van der Waals surface area contributed by atoms with Crippen LogP contribution in [0.1, 0.15) is 96.1 Å². The Kier molecular flexibility index (Phi) is 12.0. The van der Waals surface area contributed by atoms with Crippen LogP contribution in [0.2, 0.25) is 0 Å². The summed E-state index contributed by atoms with van der Waals surface area (Å²) in [4.78, 5) is 82.1. The van der Waals surface area contributed by atoms with Gasteiger partial charge < -0.3 is 44.3 Å². The standard InChI is InChI=1S/C44H53NO14/c1-8-15-31(49)58-35(33(26-16-11-9-12-17-26)45-39(52)27-18-13-10-14-19-27)40(53)57-28-21-44(54)38(51)36-42(7,29(48)20-30-43(36,22-55-30)59-25(4)47)37(50)34(56-24(3)46)32(23(28)2)41(44,5)6/h9-14,16-19,28-30,33-36,38,48,51,54H,8,15,20-22H2,1-7H3,(H,45,52)/t28?,29-,30+,33-,34+,35?,36?,38-,42+,43-,44+/m1/s1. The average Bonchev–Trinajstić information content (AvgIpc) is 3.18. The minimum absolute atomic E-state index is 0.0141. The fourth-order valence-corrected chi connectivity index (χ4v) is 9.81. The summed E-state index contributed by atoms with van der Waals surface area (Å²) in [5, 5.41) is 40.4. The van der Waals surface area contributed by atoms with Crippen molar-refractivity contribution in [3.63, 3.8) is 0 Å².